The van der Waals surface area contributed by atoms with Crippen LogP contribution < -0.4 is 5.56 Å². The molecule has 1 aromatic carbocycles. The van der Waals surface area contributed by atoms with Crippen molar-refractivity contribution < 1.29 is 0 Å². The van der Waals surface area contributed by atoms with E-state index in [-0.39, 0.29) is 5.56 Å². The van der Waals surface area contributed by atoms with Crippen LogP contribution in [-0.4, -0.2) is 19.7 Å². The molecule has 1 N–H and O–H groups in total. The molecule has 2 heterocycles. The Hall–Kier alpha value is -1.85. The number of nitrogens with one attached hydrogen (secondary N) is 1. The Labute approximate surface area is 111 Å². The van der Waals surface area contributed by atoms with Gasteiger partial charge in [-0.15, -0.1) is 0 Å². The smallest absolute Gasteiger partial charge is 0.261 e. The number of hydrogen-bond donors (Lipinski definition) is 1. The molecule has 0 atom stereocenters. The molecule has 0 aliphatic rings. The lowest BCUT2D eigenvalue weighted by molar-refractivity contribution is 0.895. The van der Waals surface area contributed by atoms with Crippen LogP contribution in [0.5, 0.6) is 0 Å². The summed E-state index contributed by atoms with van der Waals surface area (Å²) in [5.74, 6) is 0. The first-order valence-electron chi connectivity index (χ1n) is 5.03. The molecule has 5 nitrogen and oxygen atoms in total. The lowest BCUT2D eigenvalue weighted by atomic mass is 10.3. The largest absolute Gasteiger partial charge is 0.312 e. The van der Waals surface area contributed by atoms with E-state index in [4.69, 9.17) is 23.2 Å². The molecule has 0 amide bonds. The number of nitrogens with zero attached hydrogens (tertiary/aromatic N) is 3. The summed E-state index contributed by atoms with van der Waals surface area (Å²) in [7, 11) is 0. The maximum atomic E-state index is 11.6. The quantitative estimate of drug-likeness (QED) is 0.745. The van der Waals surface area contributed by atoms with Gasteiger partial charge < -0.3 is 4.98 Å². The van der Waals surface area contributed by atoms with E-state index >= 15 is 0 Å². The van der Waals surface area contributed by atoms with Crippen LogP contribution in [0.4, 0.5) is 0 Å². The van der Waals surface area contributed by atoms with Gasteiger partial charge in [0.1, 0.15) is 5.39 Å². The fourth-order valence-electron chi connectivity index (χ4n) is 1.69. The Balaban J connectivity index is 2.32. The Kier molecular flexibility index (Phi) is 2.57. The summed E-state index contributed by atoms with van der Waals surface area (Å²) in [5, 5.41) is 5.50. The number of aromatic amines is 1. The molecule has 0 aliphatic heterocycles. The molecule has 0 bridgehead atoms. The Morgan fingerprint density at radius 2 is 2.11 bits per heavy atom. The number of rotatable bonds is 1. The fraction of sp³-hybridized carbons (Fsp3) is 0. The second-order valence-electron chi connectivity index (χ2n) is 3.62. The molecule has 0 unspecified atom stereocenters. The van der Waals surface area contributed by atoms with Crippen LogP contribution in [0, 0.1) is 0 Å². The van der Waals surface area contributed by atoms with Crippen LogP contribution in [-0.2, 0) is 0 Å². The van der Waals surface area contributed by atoms with Crippen LogP contribution in [0.25, 0.3) is 16.7 Å². The molecule has 0 aliphatic carbocycles. The molecule has 0 spiro atoms. The third kappa shape index (κ3) is 1.68. The van der Waals surface area contributed by atoms with Gasteiger partial charge in [-0.2, -0.15) is 5.10 Å². The van der Waals surface area contributed by atoms with Gasteiger partial charge in [-0.1, -0.05) is 23.2 Å². The minimum atomic E-state index is -0.240. The minimum absolute atomic E-state index is 0.240. The normalized spacial score (nSPS) is 11.0. The first-order chi connectivity index (χ1) is 8.66. The van der Waals surface area contributed by atoms with Gasteiger partial charge in [0.25, 0.3) is 5.56 Å². The van der Waals surface area contributed by atoms with Crippen LogP contribution >= 0.6 is 23.2 Å². The lowest BCUT2D eigenvalue weighted by Gasteiger charge is -2.05. The fourth-order valence-corrected chi connectivity index (χ4v) is 2.17. The highest BCUT2D eigenvalue weighted by Gasteiger charge is 2.11. The summed E-state index contributed by atoms with van der Waals surface area (Å²) < 4.78 is 1.50. The molecule has 0 radical (unpaired) electrons. The number of halogens is 2. The molecule has 3 rings (SSSR count). The number of H-pyrrole nitrogens is 1. The predicted molar refractivity (Wildman–Crippen MR) is 69.5 cm³/mol. The number of aromatic nitrogens is 4. The minimum Gasteiger partial charge on any atom is -0.312 e. The van der Waals surface area contributed by atoms with Gasteiger partial charge in [0.15, 0.2) is 5.65 Å². The Morgan fingerprint density at radius 3 is 2.89 bits per heavy atom. The second-order valence-corrected chi connectivity index (χ2v) is 4.46. The van der Waals surface area contributed by atoms with Gasteiger partial charge >= 0.3 is 0 Å². The summed E-state index contributed by atoms with van der Waals surface area (Å²) in [6.07, 6.45) is 2.78. The van der Waals surface area contributed by atoms with Crippen molar-refractivity contribution in [3.63, 3.8) is 0 Å². The molecule has 2 aromatic heterocycles. The standard InChI is InChI=1S/C11H6Cl2N4O/c12-6-1-2-9(8(13)3-6)17-10-7(4-16-17)11(18)15-5-14-10/h1-5H,(H,14,15,18). The number of hydrogen-bond acceptors (Lipinski definition) is 3. The van der Waals surface area contributed by atoms with Crippen molar-refractivity contribution in [3.05, 3.63) is 51.1 Å². The van der Waals surface area contributed by atoms with Gasteiger partial charge in [-0.25, -0.2) is 9.67 Å². The highest BCUT2D eigenvalue weighted by molar-refractivity contribution is 6.35. The second kappa shape index (κ2) is 4.12. The zero-order valence-electron chi connectivity index (χ0n) is 8.89. The van der Waals surface area contributed by atoms with Crippen molar-refractivity contribution in [1.29, 1.82) is 0 Å². The summed E-state index contributed by atoms with van der Waals surface area (Å²) in [6.45, 7) is 0. The van der Waals surface area contributed by atoms with E-state index in [9.17, 15) is 4.79 Å². The number of benzene rings is 1. The molecule has 0 saturated heterocycles. The van der Waals surface area contributed by atoms with Crippen molar-refractivity contribution in [1.82, 2.24) is 19.7 Å². The molecular formula is C11H6Cl2N4O. The highest BCUT2D eigenvalue weighted by Crippen LogP contribution is 2.25. The molecule has 3 aromatic rings. The Morgan fingerprint density at radius 1 is 1.28 bits per heavy atom. The average Bonchev–Trinajstić information content (AvgIpc) is 2.74. The SMILES string of the molecule is O=c1[nH]cnc2c1cnn2-c1ccc(Cl)cc1Cl. The average molecular weight is 281 g/mol. The predicted octanol–water partition coefficient (Wildman–Crippen LogP) is 2.42. The summed E-state index contributed by atoms with van der Waals surface area (Å²) in [6, 6.07) is 5.03. The molecular weight excluding hydrogens is 275 g/mol. The summed E-state index contributed by atoms with van der Waals surface area (Å²) in [4.78, 5) is 18.1. The molecule has 90 valence electrons. The van der Waals surface area contributed by atoms with Crippen LogP contribution in [0.3, 0.4) is 0 Å². The van der Waals surface area contributed by atoms with Gasteiger partial charge in [-0.3, -0.25) is 4.79 Å². The van der Waals surface area contributed by atoms with Gasteiger partial charge in [0.05, 0.1) is 23.2 Å². The van der Waals surface area contributed by atoms with Crippen molar-refractivity contribution in [2.75, 3.05) is 0 Å². The van der Waals surface area contributed by atoms with Crippen LogP contribution in [0.2, 0.25) is 10.0 Å². The van der Waals surface area contributed by atoms with Gasteiger partial charge in [0.2, 0.25) is 0 Å². The zero-order valence-corrected chi connectivity index (χ0v) is 10.4. The zero-order chi connectivity index (χ0) is 12.7. The van der Waals surface area contributed by atoms with E-state index < -0.39 is 0 Å². The van der Waals surface area contributed by atoms with Crippen molar-refractivity contribution >= 4 is 34.2 Å². The van der Waals surface area contributed by atoms with Crippen molar-refractivity contribution in [3.8, 4) is 5.69 Å². The van der Waals surface area contributed by atoms with Crippen LogP contribution in [0.15, 0.2) is 35.5 Å². The monoisotopic (exact) mass is 280 g/mol. The van der Waals surface area contributed by atoms with Gasteiger partial charge in [0, 0.05) is 5.02 Å². The maximum Gasteiger partial charge on any atom is 0.261 e. The first-order valence-corrected chi connectivity index (χ1v) is 5.79. The molecule has 7 heteroatoms. The lowest BCUT2D eigenvalue weighted by Crippen LogP contribution is -2.06. The maximum absolute atomic E-state index is 11.6. The van der Waals surface area contributed by atoms with E-state index in [1.54, 1.807) is 18.2 Å². The number of fused-ring (bicyclic) bond motifs is 1. The Bertz CT molecular complexity index is 793. The van der Waals surface area contributed by atoms with E-state index in [0.29, 0.717) is 26.8 Å². The topological polar surface area (TPSA) is 63.6 Å². The van der Waals surface area contributed by atoms with E-state index in [1.807, 2.05) is 0 Å². The first kappa shape index (κ1) is 11.3. The molecule has 0 fully saturated rings. The van der Waals surface area contributed by atoms with Crippen LogP contribution in [0.1, 0.15) is 0 Å². The van der Waals surface area contributed by atoms with E-state index in [1.165, 1.54) is 17.2 Å². The summed E-state index contributed by atoms with van der Waals surface area (Å²) in [5.41, 5.74) is 0.827. The highest BCUT2D eigenvalue weighted by atomic mass is 35.5. The van der Waals surface area contributed by atoms with E-state index in [0.717, 1.165) is 0 Å². The van der Waals surface area contributed by atoms with Crippen molar-refractivity contribution in [2.24, 2.45) is 0 Å². The summed E-state index contributed by atoms with van der Waals surface area (Å²) >= 11 is 11.9. The van der Waals surface area contributed by atoms with E-state index in [2.05, 4.69) is 15.1 Å². The van der Waals surface area contributed by atoms with Gasteiger partial charge in [-0.05, 0) is 18.2 Å². The van der Waals surface area contributed by atoms with Crippen molar-refractivity contribution in [2.45, 2.75) is 0 Å². The third-order valence-corrected chi connectivity index (χ3v) is 3.05. The molecule has 18 heavy (non-hydrogen) atoms. The molecule has 0 saturated carbocycles. The third-order valence-electron chi connectivity index (χ3n) is 2.51.